The molecule has 0 bridgehead atoms. The van der Waals surface area contributed by atoms with Crippen LogP contribution in [0, 0.1) is 11.3 Å². The predicted octanol–water partition coefficient (Wildman–Crippen LogP) is 2.38. The van der Waals surface area contributed by atoms with E-state index in [0.717, 1.165) is 10.8 Å². The van der Waals surface area contributed by atoms with Gasteiger partial charge in [0.15, 0.2) is 5.13 Å². The fourth-order valence-corrected chi connectivity index (χ4v) is 2.42. The minimum Gasteiger partial charge on any atom is -0.466 e. The average molecular weight is 281 g/mol. The molecule has 104 valence electrons. The third-order valence-corrected chi connectivity index (χ3v) is 3.76. The second-order valence-corrected chi connectivity index (χ2v) is 5.09. The van der Waals surface area contributed by atoms with Gasteiger partial charge in [0.25, 0.3) is 0 Å². The Kier molecular flexibility index (Phi) is 6.30. The molecule has 1 heterocycles. The summed E-state index contributed by atoms with van der Waals surface area (Å²) in [6, 6.07) is 2.29. The van der Waals surface area contributed by atoms with Crippen LogP contribution in [0.1, 0.15) is 32.4 Å². The summed E-state index contributed by atoms with van der Waals surface area (Å²) in [5, 5.41) is 11.5. The summed E-state index contributed by atoms with van der Waals surface area (Å²) in [6.07, 6.45) is 1.42. The van der Waals surface area contributed by atoms with E-state index >= 15 is 0 Å². The van der Waals surface area contributed by atoms with Crippen molar-refractivity contribution < 1.29 is 9.53 Å². The lowest BCUT2D eigenvalue weighted by Crippen LogP contribution is -2.28. The van der Waals surface area contributed by atoms with Gasteiger partial charge in [-0.05, 0) is 13.8 Å². The van der Waals surface area contributed by atoms with Gasteiger partial charge in [0.05, 0.1) is 31.2 Å². The molecule has 0 saturated heterocycles. The van der Waals surface area contributed by atoms with E-state index in [1.807, 2.05) is 24.3 Å². The Morgan fingerprint density at radius 1 is 1.68 bits per heavy atom. The molecule has 6 heteroatoms. The number of nitriles is 1. The highest BCUT2D eigenvalue weighted by Gasteiger charge is 2.14. The van der Waals surface area contributed by atoms with Gasteiger partial charge in [0.2, 0.25) is 0 Å². The number of rotatable bonds is 7. The molecule has 0 amide bonds. The molecule has 0 fully saturated rings. The Balaban J connectivity index is 2.52. The summed E-state index contributed by atoms with van der Waals surface area (Å²) >= 11 is 1.53. The number of esters is 1. The minimum atomic E-state index is -0.191. The van der Waals surface area contributed by atoms with Gasteiger partial charge < -0.3 is 9.64 Å². The van der Waals surface area contributed by atoms with Gasteiger partial charge in [-0.25, -0.2) is 4.98 Å². The monoisotopic (exact) mass is 281 g/mol. The summed E-state index contributed by atoms with van der Waals surface area (Å²) in [5.74, 6) is -0.191. The van der Waals surface area contributed by atoms with E-state index in [2.05, 4.69) is 11.1 Å². The fraction of sp³-hybridized carbons (Fsp3) is 0.615. The lowest BCUT2D eigenvalue weighted by Gasteiger charge is -2.21. The topological polar surface area (TPSA) is 66.2 Å². The van der Waals surface area contributed by atoms with Crippen molar-refractivity contribution in [2.75, 3.05) is 18.6 Å². The molecule has 0 aromatic carbocycles. The second-order valence-electron chi connectivity index (χ2n) is 4.25. The van der Waals surface area contributed by atoms with Crippen LogP contribution in [0.5, 0.6) is 0 Å². The number of nitrogens with zero attached hydrogens (tertiary/aromatic N) is 3. The van der Waals surface area contributed by atoms with Crippen molar-refractivity contribution >= 4 is 22.4 Å². The number of hydrogen-bond donors (Lipinski definition) is 0. The van der Waals surface area contributed by atoms with Crippen LogP contribution in [0.2, 0.25) is 0 Å². The lowest BCUT2D eigenvalue weighted by atomic mass is 10.2. The fourth-order valence-electron chi connectivity index (χ4n) is 1.49. The summed E-state index contributed by atoms with van der Waals surface area (Å²) in [7, 11) is 1.93. The molecule has 19 heavy (non-hydrogen) atoms. The van der Waals surface area contributed by atoms with E-state index in [1.165, 1.54) is 11.3 Å². The molecule has 0 aliphatic heterocycles. The Labute approximate surface area is 117 Å². The molecular formula is C13H19N3O2S. The van der Waals surface area contributed by atoms with Gasteiger partial charge in [0.1, 0.15) is 0 Å². The number of aryl methyl sites for hydroxylation is 1. The molecule has 0 aliphatic carbocycles. The van der Waals surface area contributed by atoms with Crippen molar-refractivity contribution in [2.45, 2.75) is 39.2 Å². The summed E-state index contributed by atoms with van der Waals surface area (Å²) in [6.45, 7) is 4.20. The Morgan fingerprint density at radius 2 is 2.42 bits per heavy atom. The quantitative estimate of drug-likeness (QED) is 0.718. The summed E-state index contributed by atoms with van der Waals surface area (Å²) < 4.78 is 4.88. The molecule has 1 aromatic rings. The Morgan fingerprint density at radius 3 is 3.05 bits per heavy atom. The van der Waals surface area contributed by atoms with E-state index in [0.29, 0.717) is 25.9 Å². The number of thiazole rings is 1. The van der Waals surface area contributed by atoms with Crippen molar-refractivity contribution in [1.29, 1.82) is 5.26 Å². The molecule has 1 aromatic heterocycles. The standard InChI is InChI=1S/C13H19N3O2S/c1-4-18-12(17)6-5-11-9-19-13(15-11)16(3)10(2)7-8-14/h9-10H,4-7H2,1-3H3. The van der Waals surface area contributed by atoms with E-state index in [-0.39, 0.29) is 12.0 Å². The maximum Gasteiger partial charge on any atom is 0.306 e. The van der Waals surface area contributed by atoms with Crippen molar-refractivity contribution in [2.24, 2.45) is 0 Å². The zero-order valence-corrected chi connectivity index (χ0v) is 12.4. The Hall–Kier alpha value is -1.61. The molecule has 0 spiro atoms. The zero-order valence-electron chi connectivity index (χ0n) is 11.5. The van der Waals surface area contributed by atoms with Gasteiger partial charge in [0, 0.05) is 24.9 Å². The normalized spacial score (nSPS) is 11.7. The molecule has 0 saturated carbocycles. The van der Waals surface area contributed by atoms with Gasteiger partial charge in [-0.2, -0.15) is 5.26 Å². The van der Waals surface area contributed by atoms with Crippen LogP contribution >= 0.6 is 11.3 Å². The number of hydrogen-bond acceptors (Lipinski definition) is 6. The second kappa shape index (κ2) is 7.74. The molecule has 0 N–H and O–H groups in total. The van der Waals surface area contributed by atoms with Crippen LogP contribution in [-0.4, -0.2) is 30.6 Å². The first-order valence-corrected chi connectivity index (χ1v) is 7.16. The van der Waals surface area contributed by atoms with E-state index in [9.17, 15) is 4.79 Å². The average Bonchev–Trinajstić information content (AvgIpc) is 2.85. The maximum absolute atomic E-state index is 11.3. The number of carbonyl (C=O) groups is 1. The van der Waals surface area contributed by atoms with Crippen LogP contribution in [0.25, 0.3) is 0 Å². The molecule has 1 unspecified atom stereocenters. The highest BCUT2D eigenvalue weighted by molar-refractivity contribution is 7.13. The molecule has 1 atom stereocenters. The first-order chi connectivity index (χ1) is 9.08. The molecule has 1 rings (SSSR count). The van der Waals surface area contributed by atoms with Gasteiger partial charge in [-0.3, -0.25) is 4.79 Å². The third kappa shape index (κ3) is 4.87. The van der Waals surface area contributed by atoms with Crippen LogP contribution in [0.4, 0.5) is 5.13 Å². The maximum atomic E-state index is 11.3. The lowest BCUT2D eigenvalue weighted by molar-refractivity contribution is -0.143. The summed E-state index contributed by atoms with van der Waals surface area (Å²) in [4.78, 5) is 17.7. The van der Waals surface area contributed by atoms with Gasteiger partial charge in [-0.15, -0.1) is 11.3 Å². The highest BCUT2D eigenvalue weighted by Crippen LogP contribution is 2.22. The van der Waals surface area contributed by atoms with E-state index < -0.39 is 0 Å². The van der Waals surface area contributed by atoms with Crippen molar-refractivity contribution in [3.8, 4) is 6.07 Å². The van der Waals surface area contributed by atoms with Crippen LogP contribution in [-0.2, 0) is 16.0 Å². The van der Waals surface area contributed by atoms with E-state index in [1.54, 1.807) is 6.92 Å². The highest BCUT2D eigenvalue weighted by atomic mass is 32.1. The molecule has 0 radical (unpaired) electrons. The van der Waals surface area contributed by atoms with E-state index in [4.69, 9.17) is 10.00 Å². The summed E-state index contributed by atoms with van der Waals surface area (Å²) in [5.41, 5.74) is 0.893. The predicted molar refractivity (Wildman–Crippen MR) is 75.2 cm³/mol. The van der Waals surface area contributed by atoms with Crippen LogP contribution in [0.3, 0.4) is 0 Å². The van der Waals surface area contributed by atoms with Crippen molar-refractivity contribution in [1.82, 2.24) is 4.98 Å². The zero-order chi connectivity index (χ0) is 14.3. The van der Waals surface area contributed by atoms with Crippen molar-refractivity contribution in [3.05, 3.63) is 11.1 Å². The largest absolute Gasteiger partial charge is 0.466 e. The number of aromatic nitrogens is 1. The smallest absolute Gasteiger partial charge is 0.306 e. The number of anilines is 1. The molecular weight excluding hydrogens is 262 g/mol. The minimum absolute atomic E-state index is 0.133. The third-order valence-electron chi connectivity index (χ3n) is 2.78. The van der Waals surface area contributed by atoms with Gasteiger partial charge in [-0.1, -0.05) is 0 Å². The van der Waals surface area contributed by atoms with Gasteiger partial charge >= 0.3 is 5.97 Å². The Bertz CT molecular complexity index is 453. The molecule has 5 nitrogen and oxygen atoms in total. The SMILES string of the molecule is CCOC(=O)CCc1csc(N(C)C(C)CC#N)n1. The first-order valence-electron chi connectivity index (χ1n) is 6.28. The number of carbonyl (C=O) groups excluding carboxylic acids is 1. The number of ether oxygens (including phenoxy) is 1. The first kappa shape index (κ1) is 15.4. The van der Waals surface area contributed by atoms with Crippen molar-refractivity contribution in [3.63, 3.8) is 0 Å². The molecule has 0 aliphatic rings. The van der Waals surface area contributed by atoms with Crippen LogP contribution in [0.15, 0.2) is 5.38 Å². The van der Waals surface area contributed by atoms with Crippen LogP contribution < -0.4 is 4.90 Å².